The van der Waals surface area contributed by atoms with Crippen LogP contribution in [0.1, 0.15) is 24.2 Å². The number of hydrogen-bond donors (Lipinski definition) is 2. The Bertz CT molecular complexity index is 458. The minimum Gasteiger partial charge on any atom is -0.377 e. The highest BCUT2D eigenvalue weighted by molar-refractivity contribution is 5.94. The molecule has 5 nitrogen and oxygen atoms in total. The van der Waals surface area contributed by atoms with Crippen molar-refractivity contribution >= 4 is 11.6 Å². The van der Waals surface area contributed by atoms with Gasteiger partial charge in [0.2, 0.25) is 0 Å². The predicted octanol–water partition coefficient (Wildman–Crippen LogP) is 1.75. The smallest absolute Gasteiger partial charge is 0.253 e. The zero-order valence-electron chi connectivity index (χ0n) is 11.7. The number of benzene rings is 1. The van der Waals surface area contributed by atoms with Crippen LogP contribution in [0.15, 0.2) is 12.1 Å². The number of rotatable bonds is 6. The van der Waals surface area contributed by atoms with Gasteiger partial charge in [-0.15, -0.1) is 0 Å². The Morgan fingerprint density at radius 1 is 1.40 bits per heavy atom. The van der Waals surface area contributed by atoms with Gasteiger partial charge in [-0.3, -0.25) is 10.6 Å². The van der Waals surface area contributed by atoms with Gasteiger partial charge in [-0.1, -0.05) is 0 Å². The average molecular weight is 287 g/mol. The molecule has 0 atom stereocenters. The number of carbonyl (C=O) groups excluding carboxylic acids is 1. The van der Waals surface area contributed by atoms with E-state index < -0.39 is 23.2 Å². The number of hydrogen-bond acceptors (Lipinski definition) is 4. The topological polar surface area (TPSA) is 67.6 Å². The number of nitrogen functional groups attached to an aromatic ring is 1. The molecule has 0 aromatic heterocycles. The van der Waals surface area contributed by atoms with Crippen LogP contribution >= 0.6 is 0 Å². The minimum atomic E-state index is -0.914. The Labute approximate surface area is 116 Å². The van der Waals surface area contributed by atoms with Gasteiger partial charge in [0.25, 0.3) is 5.91 Å². The SMILES string of the molecule is CC(C)OCCN(C)C(=O)c1cc(F)c(NN)c(F)c1. The van der Waals surface area contributed by atoms with E-state index in [9.17, 15) is 13.6 Å². The van der Waals surface area contributed by atoms with Crippen molar-refractivity contribution in [2.24, 2.45) is 5.84 Å². The van der Waals surface area contributed by atoms with E-state index in [0.717, 1.165) is 12.1 Å². The Morgan fingerprint density at radius 2 is 1.95 bits per heavy atom. The van der Waals surface area contributed by atoms with Crippen LogP contribution < -0.4 is 11.3 Å². The fourth-order valence-electron chi connectivity index (χ4n) is 1.58. The van der Waals surface area contributed by atoms with Crippen molar-refractivity contribution in [3.63, 3.8) is 0 Å². The third kappa shape index (κ3) is 4.14. The molecule has 0 saturated heterocycles. The Kier molecular flexibility index (Phi) is 5.84. The number of nitrogens with one attached hydrogen (secondary N) is 1. The Hall–Kier alpha value is -1.73. The minimum absolute atomic E-state index is 0.0586. The standard InChI is InChI=1S/C13H19F2N3O2/c1-8(2)20-5-4-18(3)13(19)9-6-10(14)12(17-16)11(15)7-9/h6-8,17H,4-5,16H2,1-3H3. The summed E-state index contributed by atoms with van der Waals surface area (Å²) >= 11 is 0. The first-order chi connectivity index (χ1) is 9.36. The van der Waals surface area contributed by atoms with Crippen LogP contribution in [-0.2, 0) is 4.74 Å². The van der Waals surface area contributed by atoms with Gasteiger partial charge in [0.1, 0.15) is 5.69 Å². The van der Waals surface area contributed by atoms with Crippen LogP contribution in [-0.4, -0.2) is 37.1 Å². The van der Waals surface area contributed by atoms with Gasteiger partial charge >= 0.3 is 0 Å². The molecule has 0 aliphatic rings. The summed E-state index contributed by atoms with van der Waals surface area (Å²) in [6, 6.07) is 1.89. The average Bonchev–Trinajstić information content (AvgIpc) is 2.36. The van der Waals surface area contributed by atoms with Gasteiger partial charge in [-0.25, -0.2) is 8.78 Å². The quantitative estimate of drug-likeness (QED) is 0.618. The molecule has 3 N–H and O–H groups in total. The lowest BCUT2D eigenvalue weighted by Gasteiger charge is -2.18. The molecule has 7 heteroatoms. The van der Waals surface area contributed by atoms with Gasteiger partial charge in [0.05, 0.1) is 12.7 Å². The second-order valence-corrected chi connectivity index (χ2v) is 4.61. The molecule has 1 rings (SSSR count). The lowest BCUT2D eigenvalue weighted by atomic mass is 10.1. The highest BCUT2D eigenvalue weighted by Gasteiger charge is 2.17. The maximum Gasteiger partial charge on any atom is 0.253 e. The molecule has 1 amide bonds. The largest absolute Gasteiger partial charge is 0.377 e. The van der Waals surface area contributed by atoms with Crippen molar-refractivity contribution < 1.29 is 18.3 Å². The van der Waals surface area contributed by atoms with E-state index in [2.05, 4.69) is 0 Å². The number of nitrogens with zero attached hydrogens (tertiary/aromatic N) is 1. The molecule has 112 valence electrons. The number of likely N-dealkylation sites (N-methyl/N-ethyl adjacent to an activating group) is 1. The number of ether oxygens (including phenoxy) is 1. The third-order valence-corrected chi connectivity index (χ3v) is 2.66. The van der Waals surface area contributed by atoms with E-state index in [4.69, 9.17) is 10.6 Å². The summed E-state index contributed by atoms with van der Waals surface area (Å²) < 4.78 is 32.3. The van der Waals surface area contributed by atoms with E-state index in [1.54, 1.807) is 0 Å². The molecule has 1 aromatic carbocycles. The van der Waals surface area contributed by atoms with Gasteiger partial charge < -0.3 is 15.1 Å². The lowest BCUT2D eigenvalue weighted by Crippen LogP contribution is -2.31. The lowest BCUT2D eigenvalue weighted by molar-refractivity contribution is 0.0531. The van der Waals surface area contributed by atoms with Crippen molar-refractivity contribution in [2.75, 3.05) is 25.6 Å². The van der Waals surface area contributed by atoms with Crippen LogP contribution in [0.25, 0.3) is 0 Å². The van der Waals surface area contributed by atoms with Crippen molar-refractivity contribution in [3.05, 3.63) is 29.3 Å². The van der Waals surface area contributed by atoms with Crippen molar-refractivity contribution in [1.82, 2.24) is 4.90 Å². The van der Waals surface area contributed by atoms with E-state index in [1.165, 1.54) is 11.9 Å². The molecule has 0 radical (unpaired) electrons. The second-order valence-electron chi connectivity index (χ2n) is 4.61. The number of carbonyl (C=O) groups is 1. The zero-order valence-corrected chi connectivity index (χ0v) is 11.7. The first-order valence-electron chi connectivity index (χ1n) is 6.19. The van der Waals surface area contributed by atoms with Crippen LogP contribution in [0.2, 0.25) is 0 Å². The highest BCUT2D eigenvalue weighted by Crippen LogP contribution is 2.20. The Morgan fingerprint density at radius 3 is 2.40 bits per heavy atom. The molecule has 0 bridgehead atoms. The normalized spacial score (nSPS) is 10.8. The monoisotopic (exact) mass is 287 g/mol. The van der Waals surface area contributed by atoms with E-state index in [-0.39, 0.29) is 11.7 Å². The molecule has 0 heterocycles. The molecule has 0 saturated carbocycles. The highest BCUT2D eigenvalue weighted by atomic mass is 19.1. The van der Waals surface area contributed by atoms with E-state index >= 15 is 0 Å². The van der Waals surface area contributed by atoms with Crippen molar-refractivity contribution in [3.8, 4) is 0 Å². The first kappa shape index (κ1) is 16.3. The third-order valence-electron chi connectivity index (χ3n) is 2.66. The molecule has 1 aromatic rings. The van der Waals surface area contributed by atoms with Crippen LogP contribution in [0.3, 0.4) is 0 Å². The summed E-state index contributed by atoms with van der Waals surface area (Å²) in [7, 11) is 1.54. The number of anilines is 1. The number of nitrogens with two attached hydrogens (primary N) is 1. The molecule has 0 unspecified atom stereocenters. The zero-order chi connectivity index (χ0) is 15.3. The van der Waals surface area contributed by atoms with Gasteiger partial charge in [0.15, 0.2) is 11.6 Å². The summed E-state index contributed by atoms with van der Waals surface area (Å²) in [4.78, 5) is 13.3. The summed E-state index contributed by atoms with van der Waals surface area (Å²) in [5.74, 6) is 2.67. The summed E-state index contributed by atoms with van der Waals surface area (Å²) in [6.07, 6.45) is 0.0586. The maximum absolute atomic E-state index is 13.5. The van der Waals surface area contributed by atoms with Gasteiger partial charge in [-0.2, -0.15) is 0 Å². The van der Waals surface area contributed by atoms with E-state index in [0.29, 0.717) is 13.2 Å². The van der Waals surface area contributed by atoms with Gasteiger partial charge in [-0.05, 0) is 26.0 Å². The first-order valence-corrected chi connectivity index (χ1v) is 6.19. The van der Waals surface area contributed by atoms with Gasteiger partial charge in [0, 0.05) is 19.2 Å². The molecule has 0 aliphatic heterocycles. The molecule has 0 spiro atoms. The van der Waals surface area contributed by atoms with Crippen LogP contribution in [0, 0.1) is 11.6 Å². The van der Waals surface area contributed by atoms with Crippen LogP contribution in [0.5, 0.6) is 0 Å². The molecular formula is C13H19F2N3O2. The number of hydrazine groups is 1. The maximum atomic E-state index is 13.5. The fourth-order valence-corrected chi connectivity index (χ4v) is 1.58. The molecular weight excluding hydrogens is 268 g/mol. The summed E-state index contributed by atoms with van der Waals surface area (Å²) in [5, 5.41) is 0. The molecule has 20 heavy (non-hydrogen) atoms. The molecule has 0 aliphatic carbocycles. The Balaban J connectivity index is 2.77. The molecule has 0 fully saturated rings. The summed E-state index contributed by atoms with van der Waals surface area (Å²) in [5.41, 5.74) is 1.37. The predicted molar refractivity (Wildman–Crippen MR) is 72.2 cm³/mol. The summed E-state index contributed by atoms with van der Waals surface area (Å²) in [6.45, 7) is 4.45. The number of halogens is 2. The fraction of sp³-hybridized carbons (Fsp3) is 0.462. The van der Waals surface area contributed by atoms with Crippen molar-refractivity contribution in [1.29, 1.82) is 0 Å². The van der Waals surface area contributed by atoms with Crippen molar-refractivity contribution in [2.45, 2.75) is 20.0 Å². The van der Waals surface area contributed by atoms with E-state index in [1.807, 2.05) is 19.3 Å². The second kappa shape index (κ2) is 7.16. The van der Waals surface area contributed by atoms with Crippen LogP contribution in [0.4, 0.5) is 14.5 Å². The number of amides is 1.